The molecule has 6 nitrogen and oxygen atoms in total. The lowest BCUT2D eigenvalue weighted by molar-refractivity contribution is -0.131. The number of aromatic amines is 1. The predicted octanol–water partition coefficient (Wildman–Crippen LogP) is 2.78. The van der Waals surface area contributed by atoms with Crippen LogP contribution in [0.25, 0.3) is 6.08 Å². The number of nitrogens with one attached hydrogen (secondary N) is 1. The topological polar surface area (TPSA) is 92.0 Å². The number of furan rings is 1. The summed E-state index contributed by atoms with van der Waals surface area (Å²) < 4.78 is 6.01. The van der Waals surface area contributed by atoms with Gasteiger partial charge in [-0.3, -0.25) is 5.10 Å². The smallest absolute Gasteiger partial charge is 0.342 e. The Balaban J connectivity index is 2.21. The average Bonchev–Trinajstić information content (AvgIpc) is 2.97. The molecular formula is C11H10IN3O3S. The maximum absolute atomic E-state index is 11.2. The van der Waals surface area contributed by atoms with Crippen molar-refractivity contribution in [2.45, 2.75) is 18.5 Å². The van der Waals surface area contributed by atoms with Crippen molar-refractivity contribution in [1.29, 1.82) is 0 Å². The molecule has 2 aromatic rings. The van der Waals surface area contributed by atoms with Gasteiger partial charge in [-0.25, -0.2) is 9.78 Å². The molecule has 0 aliphatic carbocycles. The standard InChI is InChI=1S/C11H10IN3O3S/c1-2-9-13-11(15-14-9)19-7(10(16)17)5-6-3-4-8(12)18-6/h3-5H,2H2,1H3,(H,16,17)(H,13,14,15)/b7-5-. The van der Waals surface area contributed by atoms with Crippen molar-refractivity contribution < 1.29 is 14.3 Å². The molecule has 2 aromatic heterocycles. The van der Waals surface area contributed by atoms with Crippen molar-refractivity contribution in [3.8, 4) is 0 Å². The molecule has 0 amide bonds. The molecule has 2 N–H and O–H groups in total. The zero-order valence-corrected chi connectivity index (χ0v) is 12.9. The fraction of sp³-hybridized carbons (Fsp3) is 0.182. The summed E-state index contributed by atoms with van der Waals surface area (Å²) in [5, 5.41) is 16.2. The average molecular weight is 391 g/mol. The van der Waals surface area contributed by atoms with Crippen molar-refractivity contribution in [3.05, 3.63) is 32.4 Å². The van der Waals surface area contributed by atoms with Gasteiger partial charge in [0.05, 0.1) is 0 Å². The fourth-order valence-corrected chi connectivity index (χ4v) is 2.39. The Labute approximate surface area is 126 Å². The molecule has 0 bridgehead atoms. The highest BCUT2D eigenvalue weighted by Gasteiger charge is 2.14. The van der Waals surface area contributed by atoms with Crippen LogP contribution in [0.15, 0.2) is 26.6 Å². The Morgan fingerprint density at radius 2 is 2.42 bits per heavy atom. The van der Waals surface area contributed by atoms with Gasteiger partial charge in [-0.1, -0.05) is 6.92 Å². The first-order valence-electron chi connectivity index (χ1n) is 5.38. The van der Waals surface area contributed by atoms with Gasteiger partial charge in [0.25, 0.3) is 0 Å². The summed E-state index contributed by atoms with van der Waals surface area (Å²) in [7, 11) is 0. The molecule has 0 saturated carbocycles. The number of halogens is 1. The number of rotatable bonds is 5. The van der Waals surface area contributed by atoms with Gasteiger partial charge in [0.2, 0.25) is 5.16 Å². The number of aliphatic carboxylic acids is 1. The highest BCUT2D eigenvalue weighted by molar-refractivity contribution is 14.1. The van der Waals surface area contributed by atoms with E-state index in [2.05, 4.69) is 15.2 Å². The van der Waals surface area contributed by atoms with E-state index in [-0.39, 0.29) is 4.91 Å². The van der Waals surface area contributed by atoms with Gasteiger partial charge < -0.3 is 9.52 Å². The molecule has 0 aliphatic heterocycles. The lowest BCUT2D eigenvalue weighted by atomic mass is 10.4. The Hall–Kier alpha value is -1.29. The lowest BCUT2D eigenvalue weighted by Crippen LogP contribution is -1.97. The SMILES string of the molecule is CCc1nc(S/C(=C\c2ccc(I)o2)C(=O)O)n[nH]1. The molecule has 0 atom stereocenters. The second-order valence-corrected chi connectivity index (χ2v) is 5.55. The second-order valence-electron chi connectivity index (χ2n) is 3.48. The minimum absolute atomic E-state index is 0.104. The quantitative estimate of drug-likeness (QED) is 0.463. The van der Waals surface area contributed by atoms with Crippen molar-refractivity contribution in [2.75, 3.05) is 0 Å². The first-order chi connectivity index (χ1) is 9.08. The first-order valence-corrected chi connectivity index (χ1v) is 7.27. The Bertz CT molecular complexity index is 620. The minimum Gasteiger partial charge on any atom is -0.477 e. The molecule has 0 fully saturated rings. The third-order valence-electron chi connectivity index (χ3n) is 2.13. The molecule has 2 heterocycles. The summed E-state index contributed by atoms with van der Waals surface area (Å²) in [4.78, 5) is 15.5. The van der Waals surface area contributed by atoms with E-state index in [1.54, 1.807) is 12.1 Å². The van der Waals surface area contributed by atoms with E-state index < -0.39 is 5.97 Å². The van der Waals surface area contributed by atoms with Crippen LogP contribution in [0.3, 0.4) is 0 Å². The second kappa shape index (κ2) is 6.24. The Morgan fingerprint density at radius 3 is 2.95 bits per heavy atom. The van der Waals surface area contributed by atoms with E-state index in [4.69, 9.17) is 9.52 Å². The van der Waals surface area contributed by atoms with Crippen molar-refractivity contribution >= 4 is 46.4 Å². The third kappa shape index (κ3) is 3.83. The number of aromatic nitrogens is 3. The number of carbonyl (C=O) groups is 1. The molecule has 8 heteroatoms. The molecular weight excluding hydrogens is 381 g/mol. The monoisotopic (exact) mass is 391 g/mol. The molecule has 0 radical (unpaired) electrons. The number of aryl methyl sites for hydroxylation is 1. The highest BCUT2D eigenvalue weighted by atomic mass is 127. The van der Waals surface area contributed by atoms with Gasteiger partial charge >= 0.3 is 5.97 Å². The molecule has 19 heavy (non-hydrogen) atoms. The molecule has 100 valence electrons. The minimum atomic E-state index is -1.04. The zero-order valence-electron chi connectivity index (χ0n) is 9.88. The van der Waals surface area contributed by atoms with Gasteiger partial charge in [0.1, 0.15) is 16.5 Å². The maximum atomic E-state index is 11.2. The van der Waals surface area contributed by atoms with Gasteiger partial charge in [0.15, 0.2) is 3.77 Å². The third-order valence-corrected chi connectivity index (χ3v) is 3.58. The largest absolute Gasteiger partial charge is 0.477 e. The van der Waals surface area contributed by atoms with Crippen LogP contribution >= 0.6 is 34.4 Å². The van der Waals surface area contributed by atoms with Crippen LogP contribution in [0.2, 0.25) is 0 Å². The molecule has 0 aromatic carbocycles. The maximum Gasteiger partial charge on any atom is 0.342 e. The summed E-state index contributed by atoms with van der Waals surface area (Å²) in [6.07, 6.45) is 2.17. The fourth-order valence-electron chi connectivity index (χ4n) is 1.25. The molecule has 0 aliphatic rings. The zero-order chi connectivity index (χ0) is 13.8. The van der Waals surface area contributed by atoms with Crippen molar-refractivity contribution in [2.24, 2.45) is 0 Å². The van der Waals surface area contributed by atoms with Gasteiger partial charge in [-0.2, -0.15) is 0 Å². The predicted molar refractivity (Wildman–Crippen MR) is 78.7 cm³/mol. The van der Waals surface area contributed by atoms with E-state index in [9.17, 15) is 4.79 Å². The van der Waals surface area contributed by atoms with E-state index in [1.165, 1.54) is 6.08 Å². The number of carboxylic acid groups (broad SMARTS) is 1. The van der Waals surface area contributed by atoms with E-state index in [0.29, 0.717) is 14.7 Å². The number of hydrogen-bond acceptors (Lipinski definition) is 5. The summed E-state index contributed by atoms with van der Waals surface area (Å²) in [5.41, 5.74) is 0. The van der Waals surface area contributed by atoms with E-state index in [1.807, 2.05) is 29.5 Å². The van der Waals surface area contributed by atoms with Crippen LogP contribution < -0.4 is 0 Å². The van der Waals surface area contributed by atoms with Gasteiger partial charge in [-0.15, -0.1) is 5.10 Å². The number of hydrogen-bond donors (Lipinski definition) is 2. The van der Waals surface area contributed by atoms with Crippen LogP contribution in [-0.2, 0) is 11.2 Å². The van der Waals surface area contributed by atoms with Crippen molar-refractivity contribution in [1.82, 2.24) is 15.2 Å². The van der Waals surface area contributed by atoms with Crippen LogP contribution in [0.4, 0.5) is 0 Å². The molecule has 0 saturated heterocycles. The number of carboxylic acids is 1. The summed E-state index contributed by atoms with van der Waals surface area (Å²) in [5.74, 6) is 0.166. The van der Waals surface area contributed by atoms with E-state index >= 15 is 0 Å². The first kappa shape index (κ1) is 14.1. The summed E-state index contributed by atoms with van der Waals surface area (Å²) in [6.45, 7) is 1.94. The number of nitrogens with zero attached hydrogens (tertiary/aromatic N) is 2. The van der Waals surface area contributed by atoms with Crippen LogP contribution in [0, 0.1) is 3.77 Å². The van der Waals surface area contributed by atoms with Gasteiger partial charge in [-0.05, 0) is 46.5 Å². The number of thioether (sulfide) groups is 1. The normalized spacial score (nSPS) is 11.8. The summed E-state index contributed by atoms with van der Waals surface area (Å²) in [6, 6.07) is 3.47. The van der Waals surface area contributed by atoms with Crippen molar-refractivity contribution in [3.63, 3.8) is 0 Å². The van der Waals surface area contributed by atoms with Crippen LogP contribution in [0.5, 0.6) is 0 Å². The molecule has 2 rings (SSSR count). The number of H-pyrrole nitrogens is 1. The molecule has 0 spiro atoms. The highest BCUT2D eigenvalue weighted by Crippen LogP contribution is 2.26. The van der Waals surface area contributed by atoms with Crippen LogP contribution in [-0.4, -0.2) is 26.3 Å². The van der Waals surface area contributed by atoms with Crippen LogP contribution in [0.1, 0.15) is 18.5 Å². The molecule has 0 unspecified atom stereocenters. The van der Waals surface area contributed by atoms with E-state index in [0.717, 1.165) is 24.0 Å². The van der Waals surface area contributed by atoms with Gasteiger partial charge in [0, 0.05) is 12.5 Å². The lowest BCUT2D eigenvalue weighted by Gasteiger charge is -1.96. The Morgan fingerprint density at radius 1 is 1.63 bits per heavy atom. The summed E-state index contributed by atoms with van der Waals surface area (Å²) >= 11 is 3.00. The Kier molecular flexibility index (Phi) is 4.64.